The van der Waals surface area contributed by atoms with E-state index in [9.17, 15) is 0 Å². The Labute approximate surface area is 170 Å². The van der Waals surface area contributed by atoms with E-state index in [1.54, 1.807) is 12.4 Å². The van der Waals surface area contributed by atoms with Gasteiger partial charge >= 0.3 is 0 Å². The highest BCUT2D eigenvalue weighted by molar-refractivity contribution is 6.35. The van der Waals surface area contributed by atoms with Crippen molar-refractivity contribution in [3.05, 3.63) is 80.0 Å². The van der Waals surface area contributed by atoms with Crippen LogP contribution in [0.3, 0.4) is 0 Å². The van der Waals surface area contributed by atoms with Crippen LogP contribution in [0.1, 0.15) is 11.1 Å². The second-order valence-corrected chi connectivity index (χ2v) is 7.39. The maximum atomic E-state index is 6.40. The molecule has 0 atom stereocenters. The van der Waals surface area contributed by atoms with Crippen LogP contribution in [0.15, 0.2) is 48.8 Å². The number of hydrogen-bond acceptors (Lipinski definition) is 2. The second kappa shape index (κ2) is 7.05. The van der Waals surface area contributed by atoms with Gasteiger partial charge in [0.05, 0.1) is 31.1 Å². The van der Waals surface area contributed by atoms with Crippen molar-refractivity contribution in [3.8, 4) is 0 Å². The van der Waals surface area contributed by atoms with Gasteiger partial charge in [-0.15, -0.1) is 0 Å². The average molecular weight is 420 g/mol. The lowest BCUT2D eigenvalue weighted by Crippen LogP contribution is -1.87. The zero-order chi connectivity index (χ0) is 18.3. The summed E-state index contributed by atoms with van der Waals surface area (Å²) in [6, 6.07) is 11.1. The first-order valence-electron chi connectivity index (χ1n) is 7.68. The molecule has 0 fully saturated rings. The van der Waals surface area contributed by atoms with Crippen LogP contribution in [-0.4, -0.2) is 9.97 Å². The van der Waals surface area contributed by atoms with Crippen molar-refractivity contribution in [3.63, 3.8) is 0 Å². The summed E-state index contributed by atoms with van der Waals surface area (Å²) in [7, 11) is 0. The van der Waals surface area contributed by atoms with Crippen molar-refractivity contribution < 1.29 is 0 Å². The highest BCUT2D eigenvalue weighted by atomic mass is 35.5. The average Bonchev–Trinajstić information content (AvgIpc) is 2.62. The SMILES string of the molecule is Clc1cnc2c(/C=C/c3c(Cl)ccc4cc(Cl)cnc34)c(Cl)ccc2c1. The molecule has 0 aliphatic rings. The summed E-state index contributed by atoms with van der Waals surface area (Å²) in [4.78, 5) is 8.83. The predicted molar refractivity (Wildman–Crippen MR) is 112 cm³/mol. The highest BCUT2D eigenvalue weighted by Crippen LogP contribution is 2.31. The number of pyridine rings is 2. The number of aromatic nitrogens is 2. The van der Waals surface area contributed by atoms with E-state index in [2.05, 4.69) is 9.97 Å². The molecule has 0 saturated carbocycles. The number of hydrogen-bond donors (Lipinski definition) is 0. The highest BCUT2D eigenvalue weighted by Gasteiger charge is 2.09. The Bertz CT molecular complexity index is 1090. The van der Waals surface area contributed by atoms with E-state index in [-0.39, 0.29) is 0 Å². The van der Waals surface area contributed by atoms with E-state index in [4.69, 9.17) is 46.4 Å². The molecule has 2 heterocycles. The van der Waals surface area contributed by atoms with Gasteiger partial charge in [0.25, 0.3) is 0 Å². The molecule has 4 rings (SSSR count). The number of benzene rings is 2. The molecule has 2 aromatic heterocycles. The molecule has 0 amide bonds. The van der Waals surface area contributed by atoms with E-state index in [0.717, 1.165) is 32.9 Å². The number of nitrogens with zero attached hydrogens (tertiary/aromatic N) is 2. The lowest BCUT2D eigenvalue weighted by molar-refractivity contribution is 1.40. The summed E-state index contributed by atoms with van der Waals surface area (Å²) in [5, 5.41) is 4.17. The quantitative estimate of drug-likeness (QED) is 0.313. The third-order valence-corrected chi connectivity index (χ3v) is 5.10. The maximum Gasteiger partial charge on any atom is 0.0790 e. The molecular formula is C20H10Cl4N2. The second-order valence-electron chi connectivity index (χ2n) is 5.71. The van der Waals surface area contributed by atoms with Crippen LogP contribution in [0.5, 0.6) is 0 Å². The first-order chi connectivity index (χ1) is 12.5. The van der Waals surface area contributed by atoms with Crippen molar-refractivity contribution in [1.29, 1.82) is 0 Å². The van der Waals surface area contributed by atoms with Gasteiger partial charge in [-0.1, -0.05) is 70.7 Å². The standard InChI is InChI=1S/C20H10Cl4N2/c21-13-7-11-1-5-17(23)15(19(11)25-9-13)3-4-16-18(24)6-2-12-8-14(22)10-26-20(12)16/h1-10H/b4-3+. The number of fused-ring (bicyclic) bond motifs is 2. The van der Waals surface area contributed by atoms with Crippen LogP contribution >= 0.6 is 46.4 Å². The molecule has 4 aromatic rings. The fourth-order valence-electron chi connectivity index (χ4n) is 2.83. The van der Waals surface area contributed by atoms with E-state index in [1.807, 2.05) is 48.6 Å². The van der Waals surface area contributed by atoms with Crippen LogP contribution in [0.4, 0.5) is 0 Å². The topological polar surface area (TPSA) is 25.8 Å². The Kier molecular flexibility index (Phi) is 4.76. The Morgan fingerprint density at radius 2 is 1.04 bits per heavy atom. The molecule has 26 heavy (non-hydrogen) atoms. The first-order valence-corrected chi connectivity index (χ1v) is 9.20. The fraction of sp³-hybridized carbons (Fsp3) is 0. The van der Waals surface area contributed by atoms with Crippen LogP contribution in [0.2, 0.25) is 20.1 Å². The molecule has 0 aliphatic carbocycles. The van der Waals surface area contributed by atoms with Gasteiger partial charge in [-0.05, 0) is 24.3 Å². The van der Waals surface area contributed by atoms with E-state index in [0.29, 0.717) is 20.1 Å². The van der Waals surface area contributed by atoms with E-state index >= 15 is 0 Å². The molecule has 0 spiro atoms. The summed E-state index contributed by atoms with van der Waals surface area (Å²) >= 11 is 24.9. The van der Waals surface area contributed by atoms with Crippen molar-refractivity contribution in [1.82, 2.24) is 9.97 Å². The Hall–Kier alpha value is -1.84. The summed E-state index contributed by atoms with van der Waals surface area (Å²) in [6.45, 7) is 0. The summed E-state index contributed by atoms with van der Waals surface area (Å²) in [5.74, 6) is 0. The predicted octanol–water partition coefficient (Wildman–Crippen LogP) is 7.57. The van der Waals surface area contributed by atoms with Crippen LogP contribution in [0, 0.1) is 0 Å². The molecule has 2 aromatic carbocycles. The summed E-state index contributed by atoms with van der Waals surface area (Å²) < 4.78 is 0. The van der Waals surface area contributed by atoms with Gasteiger partial charge in [0, 0.05) is 34.3 Å². The minimum Gasteiger partial charge on any atom is -0.254 e. The maximum absolute atomic E-state index is 6.40. The lowest BCUT2D eigenvalue weighted by atomic mass is 10.1. The van der Waals surface area contributed by atoms with Crippen molar-refractivity contribution in [2.45, 2.75) is 0 Å². The molecule has 2 nitrogen and oxygen atoms in total. The molecule has 0 unspecified atom stereocenters. The van der Waals surface area contributed by atoms with Gasteiger partial charge in [0.15, 0.2) is 0 Å². The molecule has 128 valence electrons. The zero-order valence-electron chi connectivity index (χ0n) is 13.2. The van der Waals surface area contributed by atoms with Crippen LogP contribution in [-0.2, 0) is 0 Å². The van der Waals surface area contributed by atoms with Crippen molar-refractivity contribution >= 4 is 80.4 Å². The zero-order valence-corrected chi connectivity index (χ0v) is 16.2. The summed E-state index contributed by atoms with van der Waals surface area (Å²) in [6.07, 6.45) is 6.99. The van der Waals surface area contributed by atoms with Gasteiger partial charge in [0.1, 0.15) is 0 Å². The third kappa shape index (κ3) is 3.26. The number of rotatable bonds is 2. The molecule has 0 radical (unpaired) electrons. The molecule has 0 saturated heterocycles. The molecule has 6 heteroatoms. The minimum atomic E-state index is 0.577. The first kappa shape index (κ1) is 17.6. The molecule has 0 N–H and O–H groups in total. The largest absolute Gasteiger partial charge is 0.254 e. The molecule has 0 aliphatic heterocycles. The van der Waals surface area contributed by atoms with E-state index < -0.39 is 0 Å². The Morgan fingerprint density at radius 1 is 0.615 bits per heavy atom. The number of halogens is 4. The van der Waals surface area contributed by atoms with Gasteiger partial charge in [0.2, 0.25) is 0 Å². The fourth-order valence-corrected chi connectivity index (χ4v) is 3.59. The van der Waals surface area contributed by atoms with Crippen molar-refractivity contribution in [2.75, 3.05) is 0 Å². The normalized spacial score (nSPS) is 11.7. The van der Waals surface area contributed by atoms with Crippen LogP contribution in [0.25, 0.3) is 34.0 Å². The Balaban J connectivity index is 1.90. The minimum absolute atomic E-state index is 0.577. The third-order valence-electron chi connectivity index (χ3n) is 4.03. The van der Waals surface area contributed by atoms with Gasteiger partial charge in [-0.25, -0.2) is 0 Å². The van der Waals surface area contributed by atoms with Gasteiger partial charge in [-0.3, -0.25) is 9.97 Å². The van der Waals surface area contributed by atoms with Gasteiger partial charge < -0.3 is 0 Å². The smallest absolute Gasteiger partial charge is 0.0790 e. The molecule has 0 bridgehead atoms. The van der Waals surface area contributed by atoms with E-state index in [1.165, 1.54) is 0 Å². The molecular weight excluding hydrogens is 410 g/mol. The van der Waals surface area contributed by atoms with Crippen molar-refractivity contribution in [2.24, 2.45) is 0 Å². The van der Waals surface area contributed by atoms with Crippen LogP contribution < -0.4 is 0 Å². The lowest BCUT2D eigenvalue weighted by Gasteiger charge is -2.07. The van der Waals surface area contributed by atoms with Gasteiger partial charge in [-0.2, -0.15) is 0 Å². The monoisotopic (exact) mass is 418 g/mol. The summed E-state index contributed by atoms with van der Waals surface area (Å²) in [5.41, 5.74) is 3.13. The Morgan fingerprint density at radius 3 is 1.46 bits per heavy atom.